The molecular formula is C20H23N3O5. The number of nitrogens with one attached hydrogen (secondary N) is 2. The van der Waals surface area contributed by atoms with Crippen molar-refractivity contribution >= 4 is 34.8 Å². The lowest BCUT2D eigenvalue weighted by Gasteiger charge is -2.21. The molecule has 0 fully saturated rings. The second kappa shape index (κ2) is 9.40. The summed E-state index contributed by atoms with van der Waals surface area (Å²) in [6, 6.07) is 11.7. The van der Waals surface area contributed by atoms with Gasteiger partial charge in [0.05, 0.1) is 19.9 Å². The minimum atomic E-state index is -0.385. The summed E-state index contributed by atoms with van der Waals surface area (Å²) in [6.45, 7) is 2.61. The van der Waals surface area contributed by atoms with Crippen LogP contribution in [0, 0.1) is 0 Å². The van der Waals surface area contributed by atoms with Crippen LogP contribution >= 0.6 is 0 Å². The monoisotopic (exact) mass is 385 g/mol. The molecule has 0 spiro atoms. The molecule has 3 amide bonds. The number of carbonyl (C=O) groups excluding carboxylic acids is 3. The van der Waals surface area contributed by atoms with Crippen molar-refractivity contribution in [1.29, 1.82) is 0 Å². The Morgan fingerprint density at radius 1 is 0.929 bits per heavy atom. The van der Waals surface area contributed by atoms with Gasteiger partial charge in [-0.25, -0.2) is 0 Å². The summed E-state index contributed by atoms with van der Waals surface area (Å²) < 4.78 is 10.4. The van der Waals surface area contributed by atoms with E-state index in [1.54, 1.807) is 42.5 Å². The molecule has 0 bridgehead atoms. The van der Waals surface area contributed by atoms with E-state index in [1.165, 1.54) is 33.0 Å². The topological polar surface area (TPSA) is 97.0 Å². The van der Waals surface area contributed by atoms with Gasteiger partial charge in [-0.1, -0.05) is 0 Å². The summed E-state index contributed by atoms with van der Waals surface area (Å²) >= 11 is 0. The molecule has 28 heavy (non-hydrogen) atoms. The first kappa shape index (κ1) is 20.8. The summed E-state index contributed by atoms with van der Waals surface area (Å²) in [5.41, 5.74) is 1.61. The number of methoxy groups -OCH3 is 2. The van der Waals surface area contributed by atoms with Crippen LogP contribution in [0.2, 0.25) is 0 Å². The van der Waals surface area contributed by atoms with Crippen molar-refractivity contribution in [3.8, 4) is 11.5 Å². The van der Waals surface area contributed by atoms with Gasteiger partial charge in [0, 0.05) is 31.3 Å². The van der Waals surface area contributed by atoms with Crippen LogP contribution in [0.1, 0.15) is 13.8 Å². The molecule has 148 valence electrons. The van der Waals surface area contributed by atoms with Gasteiger partial charge >= 0.3 is 0 Å². The maximum atomic E-state index is 12.5. The fraction of sp³-hybridized carbons (Fsp3) is 0.250. The number of hydrogen-bond donors (Lipinski definition) is 2. The van der Waals surface area contributed by atoms with Crippen molar-refractivity contribution < 1.29 is 23.9 Å². The molecule has 0 atom stereocenters. The summed E-state index contributed by atoms with van der Waals surface area (Å²) in [6.07, 6.45) is 0. The van der Waals surface area contributed by atoms with Gasteiger partial charge in [-0.15, -0.1) is 0 Å². The molecular weight excluding hydrogens is 362 g/mol. The van der Waals surface area contributed by atoms with E-state index in [0.29, 0.717) is 28.6 Å². The Morgan fingerprint density at radius 2 is 1.61 bits per heavy atom. The molecule has 0 radical (unpaired) electrons. The standard InChI is InChI=1S/C20H23N3O5/c1-13(24)21-15-5-7-16(8-6-15)23(14(2)25)12-20(26)22-18-10-9-17(27-3)11-19(18)28-4/h5-11H,12H2,1-4H3,(H,21,24)(H,22,26). The van der Waals surface area contributed by atoms with E-state index in [2.05, 4.69) is 10.6 Å². The largest absolute Gasteiger partial charge is 0.497 e. The van der Waals surface area contributed by atoms with Gasteiger partial charge in [0.2, 0.25) is 17.7 Å². The predicted octanol–water partition coefficient (Wildman–Crippen LogP) is 2.65. The number of anilines is 3. The van der Waals surface area contributed by atoms with Crippen LogP contribution in [-0.2, 0) is 14.4 Å². The molecule has 8 nitrogen and oxygen atoms in total. The molecule has 2 aromatic carbocycles. The van der Waals surface area contributed by atoms with Crippen LogP contribution in [0.25, 0.3) is 0 Å². The number of rotatable bonds is 7. The Morgan fingerprint density at radius 3 is 2.14 bits per heavy atom. The average molecular weight is 385 g/mol. The number of nitrogens with zero attached hydrogens (tertiary/aromatic N) is 1. The van der Waals surface area contributed by atoms with Crippen molar-refractivity contribution in [3.63, 3.8) is 0 Å². The first-order valence-electron chi connectivity index (χ1n) is 8.51. The Kier molecular flexibility index (Phi) is 6.97. The Bertz CT molecular complexity index is 865. The molecule has 0 aliphatic heterocycles. The van der Waals surface area contributed by atoms with Gasteiger partial charge in [-0.2, -0.15) is 0 Å². The predicted molar refractivity (Wildman–Crippen MR) is 107 cm³/mol. The van der Waals surface area contributed by atoms with Crippen LogP contribution in [-0.4, -0.2) is 38.5 Å². The van der Waals surface area contributed by atoms with E-state index in [0.717, 1.165) is 0 Å². The molecule has 2 N–H and O–H groups in total. The smallest absolute Gasteiger partial charge is 0.244 e. The van der Waals surface area contributed by atoms with Gasteiger partial charge in [-0.05, 0) is 36.4 Å². The van der Waals surface area contributed by atoms with E-state index in [1.807, 2.05) is 0 Å². The number of carbonyl (C=O) groups is 3. The summed E-state index contributed by atoms with van der Waals surface area (Å²) in [7, 11) is 3.03. The van der Waals surface area contributed by atoms with Gasteiger partial charge < -0.3 is 25.0 Å². The quantitative estimate of drug-likeness (QED) is 0.764. The molecule has 0 heterocycles. The fourth-order valence-corrected chi connectivity index (χ4v) is 2.55. The second-order valence-electron chi connectivity index (χ2n) is 5.95. The van der Waals surface area contributed by atoms with Crippen molar-refractivity contribution in [2.45, 2.75) is 13.8 Å². The summed E-state index contributed by atoms with van der Waals surface area (Å²) in [5, 5.41) is 5.38. The molecule has 0 aromatic heterocycles. The molecule has 0 saturated heterocycles. The third-order valence-electron chi connectivity index (χ3n) is 3.86. The molecule has 0 saturated carbocycles. The normalized spacial score (nSPS) is 10.0. The van der Waals surface area contributed by atoms with Crippen molar-refractivity contribution in [3.05, 3.63) is 42.5 Å². The Hall–Kier alpha value is -3.55. The molecule has 2 aromatic rings. The van der Waals surface area contributed by atoms with Crippen LogP contribution in [0.4, 0.5) is 17.1 Å². The average Bonchev–Trinajstić information content (AvgIpc) is 2.66. The van der Waals surface area contributed by atoms with Crippen molar-refractivity contribution in [2.75, 3.05) is 36.3 Å². The number of ether oxygens (including phenoxy) is 2. The van der Waals surface area contributed by atoms with E-state index in [9.17, 15) is 14.4 Å². The minimum absolute atomic E-state index is 0.177. The van der Waals surface area contributed by atoms with E-state index in [-0.39, 0.29) is 24.3 Å². The van der Waals surface area contributed by atoms with Crippen molar-refractivity contribution in [2.24, 2.45) is 0 Å². The van der Waals surface area contributed by atoms with Crippen molar-refractivity contribution in [1.82, 2.24) is 0 Å². The summed E-state index contributed by atoms with van der Waals surface area (Å²) in [4.78, 5) is 37.0. The summed E-state index contributed by atoms with van der Waals surface area (Å²) in [5.74, 6) is 0.180. The lowest BCUT2D eigenvalue weighted by atomic mass is 10.2. The zero-order chi connectivity index (χ0) is 20.7. The highest BCUT2D eigenvalue weighted by molar-refractivity contribution is 6.02. The molecule has 8 heteroatoms. The van der Waals surface area contributed by atoms with Gasteiger partial charge in [0.15, 0.2) is 0 Å². The van der Waals surface area contributed by atoms with Crippen LogP contribution < -0.4 is 25.0 Å². The Balaban J connectivity index is 2.13. The Labute approximate surface area is 163 Å². The first-order valence-corrected chi connectivity index (χ1v) is 8.51. The van der Waals surface area contributed by atoms with Crippen LogP contribution in [0.15, 0.2) is 42.5 Å². The molecule has 0 aliphatic rings. The third kappa shape index (κ3) is 5.47. The maximum Gasteiger partial charge on any atom is 0.244 e. The third-order valence-corrected chi connectivity index (χ3v) is 3.86. The van der Waals surface area contributed by atoms with Gasteiger partial charge in [0.1, 0.15) is 18.0 Å². The maximum absolute atomic E-state index is 12.5. The van der Waals surface area contributed by atoms with E-state index >= 15 is 0 Å². The fourth-order valence-electron chi connectivity index (χ4n) is 2.55. The van der Waals surface area contributed by atoms with E-state index in [4.69, 9.17) is 9.47 Å². The highest BCUT2D eigenvalue weighted by Crippen LogP contribution is 2.29. The number of amides is 3. The lowest BCUT2D eigenvalue weighted by molar-refractivity contribution is -0.120. The molecule has 0 aliphatic carbocycles. The highest BCUT2D eigenvalue weighted by atomic mass is 16.5. The number of benzene rings is 2. The minimum Gasteiger partial charge on any atom is -0.497 e. The zero-order valence-corrected chi connectivity index (χ0v) is 16.2. The van der Waals surface area contributed by atoms with Gasteiger partial charge in [-0.3, -0.25) is 14.4 Å². The molecule has 0 unspecified atom stereocenters. The zero-order valence-electron chi connectivity index (χ0n) is 16.2. The SMILES string of the molecule is COc1ccc(NC(=O)CN(C(C)=O)c2ccc(NC(C)=O)cc2)c(OC)c1. The van der Waals surface area contributed by atoms with E-state index < -0.39 is 0 Å². The van der Waals surface area contributed by atoms with Gasteiger partial charge in [0.25, 0.3) is 0 Å². The highest BCUT2D eigenvalue weighted by Gasteiger charge is 2.17. The lowest BCUT2D eigenvalue weighted by Crippen LogP contribution is -2.36. The van der Waals surface area contributed by atoms with Crippen LogP contribution in [0.5, 0.6) is 11.5 Å². The van der Waals surface area contributed by atoms with Crippen LogP contribution in [0.3, 0.4) is 0 Å². The second-order valence-corrected chi connectivity index (χ2v) is 5.95. The first-order chi connectivity index (χ1) is 13.3. The number of hydrogen-bond acceptors (Lipinski definition) is 5. The molecule has 2 rings (SSSR count).